The first kappa shape index (κ1) is 57.4. The van der Waals surface area contributed by atoms with Crippen molar-refractivity contribution in [3.05, 3.63) is 71.8 Å². The van der Waals surface area contributed by atoms with E-state index in [1.165, 1.54) is 0 Å². The largest absolute Gasteiger partial charge is 0.461 e. The Morgan fingerprint density at radius 2 is 0.721 bits per heavy atom. The predicted octanol–water partition coefficient (Wildman–Crippen LogP) is 6.36. The molecule has 16 nitrogen and oxygen atoms in total. The van der Waals surface area contributed by atoms with Crippen LogP contribution in [0.3, 0.4) is 0 Å². The van der Waals surface area contributed by atoms with E-state index >= 15 is 0 Å². The Bertz CT molecular complexity index is 1760. The molecule has 0 saturated carbocycles. The van der Waals surface area contributed by atoms with Gasteiger partial charge in [0.15, 0.2) is 0 Å². The average molecular weight is 953 g/mol. The van der Waals surface area contributed by atoms with E-state index in [-0.39, 0.29) is 91.3 Å². The van der Waals surface area contributed by atoms with Crippen LogP contribution in [0.1, 0.15) is 120 Å². The van der Waals surface area contributed by atoms with E-state index in [1.54, 1.807) is 83.1 Å². The van der Waals surface area contributed by atoms with Gasteiger partial charge >= 0.3 is 35.8 Å². The summed E-state index contributed by atoms with van der Waals surface area (Å²) >= 11 is 0. The highest BCUT2D eigenvalue weighted by atomic mass is 16.6. The summed E-state index contributed by atoms with van der Waals surface area (Å²) in [5, 5.41) is 0. The zero-order valence-electron chi connectivity index (χ0n) is 42.9. The lowest BCUT2D eigenvalue weighted by molar-refractivity contribution is -0.165. The second kappa shape index (κ2) is 26.7. The molecule has 1 heterocycles. The molecule has 0 N–H and O–H groups in total. The van der Waals surface area contributed by atoms with Crippen LogP contribution in [0.4, 0.5) is 0 Å². The lowest BCUT2D eigenvalue weighted by Crippen LogP contribution is -2.55. The van der Waals surface area contributed by atoms with Crippen molar-refractivity contribution in [3.63, 3.8) is 0 Å². The van der Waals surface area contributed by atoms with Crippen LogP contribution in [0, 0.1) is 0 Å². The molecule has 2 aromatic rings. The Kier molecular flexibility index (Phi) is 22.6. The Morgan fingerprint density at radius 1 is 0.426 bits per heavy atom. The van der Waals surface area contributed by atoms with E-state index in [2.05, 4.69) is 0 Å². The van der Waals surface area contributed by atoms with Gasteiger partial charge in [0.2, 0.25) is 0 Å². The highest BCUT2D eigenvalue weighted by Crippen LogP contribution is 2.21. The van der Waals surface area contributed by atoms with Gasteiger partial charge in [0.1, 0.15) is 47.7 Å². The number of hydrogen-bond acceptors (Lipinski definition) is 16. The minimum absolute atomic E-state index is 0.0566. The topological polar surface area (TPSA) is 171 Å². The summed E-state index contributed by atoms with van der Waals surface area (Å²) in [6, 6.07) is 16.7. The van der Waals surface area contributed by atoms with Gasteiger partial charge in [-0.25, -0.2) is 0 Å². The lowest BCUT2D eigenvalue weighted by Gasteiger charge is -2.39. The van der Waals surface area contributed by atoms with Gasteiger partial charge in [-0.3, -0.25) is 48.4 Å². The fraction of sp³-hybridized carbons (Fsp3) is 0.654. The lowest BCUT2D eigenvalue weighted by atomic mass is 10.1. The van der Waals surface area contributed by atoms with Crippen molar-refractivity contribution in [1.82, 2.24) is 19.6 Å². The smallest absolute Gasteiger partial charge is 0.323 e. The Hall–Kier alpha value is -4.90. The molecule has 1 aliphatic heterocycles. The molecule has 0 aromatic heterocycles. The molecule has 3 rings (SSSR count). The molecule has 68 heavy (non-hydrogen) atoms. The van der Waals surface area contributed by atoms with Crippen LogP contribution in [-0.2, 0) is 70.4 Å². The quantitative estimate of drug-likeness (QED) is 0.119. The number of nitrogens with zero attached hydrogens (tertiary/aromatic N) is 4. The summed E-state index contributed by atoms with van der Waals surface area (Å²) < 4.78 is 34.7. The minimum Gasteiger partial charge on any atom is -0.461 e. The van der Waals surface area contributed by atoms with Crippen molar-refractivity contribution in [1.29, 1.82) is 0 Å². The van der Waals surface area contributed by atoms with Crippen LogP contribution in [0.15, 0.2) is 60.7 Å². The molecule has 1 aliphatic rings. The highest BCUT2D eigenvalue weighted by molar-refractivity contribution is 5.79. The first-order chi connectivity index (χ1) is 31.6. The van der Waals surface area contributed by atoms with Crippen LogP contribution in [0.5, 0.6) is 0 Å². The minimum atomic E-state index is -0.941. The first-order valence-corrected chi connectivity index (χ1v) is 23.9. The number of hydrogen-bond donors (Lipinski definition) is 0. The third kappa shape index (κ3) is 24.4. The monoisotopic (exact) mass is 953 g/mol. The van der Waals surface area contributed by atoms with Gasteiger partial charge in [-0.2, -0.15) is 0 Å². The molecule has 1 fully saturated rings. The van der Waals surface area contributed by atoms with Crippen LogP contribution in [0.2, 0.25) is 0 Å². The van der Waals surface area contributed by atoms with Gasteiger partial charge in [0, 0.05) is 65.2 Å². The van der Waals surface area contributed by atoms with E-state index in [1.807, 2.05) is 80.3 Å². The maximum Gasteiger partial charge on any atom is 0.323 e. The summed E-state index contributed by atoms with van der Waals surface area (Å²) in [7, 11) is 0. The van der Waals surface area contributed by atoms with Gasteiger partial charge in [-0.05, 0) is 107 Å². The molecule has 2 aromatic carbocycles. The molecule has 16 heteroatoms. The standard InChI is InChI=1S/C52H80N4O12/c1-49(2,3)65-45(59)35-53-27-28-54(36-46(60)66-50(4,5)6)30-32-56(42(48(62)68-52(10,11)12)24-26-44(58)64-38-40-21-17-14-18-22-40)34-33-55(31-29-53)41(47(61)67-51(7,8)9)23-25-43(57)63-37-39-19-15-13-16-20-39/h13-22,41-42H,23-38H2,1-12H3. The van der Waals surface area contributed by atoms with E-state index in [0.717, 1.165) is 11.1 Å². The summed E-state index contributed by atoms with van der Waals surface area (Å²) in [5.74, 6) is -2.93. The molecule has 0 radical (unpaired) electrons. The van der Waals surface area contributed by atoms with E-state index < -0.39 is 70.3 Å². The van der Waals surface area contributed by atoms with Gasteiger partial charge in [0.05, 0.1) is 13.1 Å². The highest BCUT2D eigenvalue weighted by Gasteiger charge is 2.36. The van der Waals surface area contributed by atoms with E-state index in [9.17, 15) is 28.8 Å². The number of ether oxygens (including phenoxy) is 6. The van der Waals surface area contributed by atoms with Crippen LogP contribution in [0.25, 0.3) is 0 Å². The second-order valence-electron chi connectivity index (χ2n) is 21.3. The summed E-state index contributed by atoms with van der Waals surface area (Å²) in [6.45, 7) is 23.5. The van der Waals surface area contributed by atoms with Crippen LogP contribution < -0.4 is 0 Å². The molecule has 380 valence electrons. The van der Waals surface area contributed by atoms with Crippen molar-refractivity contribution < 1.29 is 57.2 Å². The van der Waals surface area contributed by atoms with Gasteiger partial charge in [-0.15, -0.1) is 0 Å². The number of benzene rings is 2. The fourth-order valence-electron chi connectivity index (χ4n) is 7.35. The molecule has 0 spiro atoms. The second-order valence-corrected chi connectivity index (χ2v) is 21.3. The molecule has 2 atom stereocenters. The molecule has 0 aliphatic carbocycles. The molecular formula is C52H80N4O12. The maximum absolute atomic E-state index is 14.3. The average Bonchev–Trinajstić information content (AvgIpc) is 3.20. The zero-order valence-corrected chi connectivity index (χ0v) is 42.9. The van der Waals surface area contributed by atoms with Crippen molar-refractivity contribution in [2.75, 3.05) is 65.4 Å². The maximum atomic E-state index is 14.3. The molecular weight excluding hydrogens is 873 g/mol. The van der Waals surface area contributed by atoms with Crippen molar-refractivity contribution in [3.8, 4) is 0 Å². The number of esters is 6. The van der Waals surface area contributed by atoms with Crippen molar-refractivity contribution in [2.24, 2.45) is 0 Å². The van der Waals surface area contributed by atoms with Crippen molar-refractivity contribution in [2.45, 2.75) is 156 Å². The predicted molar refractivity (Wildman–Crippen MR) is 258 cm³/mol. The van der Waals surface area contributed by atoms with Crippen LogP contribution in [-0.4, -0.2) is 155 Å². The summed E-state index contributed by atoms with van der Waals surface area (Å²) in [5.41, 5.74) is -1.54. The normalized spacial score (nSPS) is 16.5. The molecule has 1 saturated heterocycles. The number of carbonyl (C=O) groups is 6. The molecule has 0 bridgehead atoms. The Labute approximate surface area is 405 Å². The molecule has 2 unspecified atom stereocenters. The van der Waals surface area contributed by atoms with Gasteiger partial charge in [-0.1, -0.05) is 60.7 Å². The first-order valence-electron chi connectivity index (χ1n) is 23.9. The van der Waals surface area contributed by atoms with Crippen molar-refractivity contribution >= 4 is 35.8 Å². The fourth-order valence-corrected chi connectivity index (χ4v) is 7.35. The summed E-state index contributed by atoms with van der Waals surface area (Å²) in [6.07, 6.45) is -0.0737. The van der Waals surface area contributed by atoms with Gasteiger partial charge < -0.3 is 28.4 Å². The Morgan fingerprint density at radius 3 is 1.03 bits per heavy atom. The SMILES string of the molecule is CC(C)(C)OC(=O)CN1CCN(CC(=O)OC(C)(C)C)CCN(C(CCC(=O)OCc2ccccc2)C(=O)OC(C)(C)C)CCN(C(CCC(=O)OCc2ccccc2)C(=O)OC(C)(C)C)CC1. The zero-order chi connectivity index (χ0) is 50.7. The number of rotatable bonds is 18. The third-order valence-electron chi connectivity index (χ3n) is 10.3. The van der Waals surface area contributed by atoms with Gasteiger partial charge in [0.25, 0.3) is 0 Å². The van der Waals surface area contributed by atoms with Crippen LogP contribution >= 0.6 is 0 Å². The summed E-state index contributed by atoms with van der Waals surface area (Å²) in [4.78, 5) is 89.6. The molecule has 0 amide bonds. The third-order valence-corrected chi connectivity index (χ3v) is 10.3. The van der Waals surface area contributed by atoms with E-state index in [0.29, 0.717) is 13.1 Å². The Balaban J connectivity index is 2.07. The van der Waals surface area contributed by atoms with E-state index in [4.69, 9.17) is 28.4 Å². The number of carbonyl (C=O) groups excluding carboxylic acids is 6.